The zero-order chi connectivity index (χ0) is 15.9. The summed E-state index contributed by atoms with van der Waals surface area (Å²) in [5, 5.41) is 12.2. The van der Waals surface area contributed by atoms with Crippen molar-refractivity contribution in [2.45, 2.75) is 44.4 Å². The molecule has 120 valence electrons. The van der Waals surface area contributed by atoms with Gasteiger partial charge in [0, 0.05) is 37.5 Å². The van der Waals surface area contributed by atoms with Gasteiger partial charge in [-0.15, -0.1) is 0 Å². The summed E-state index contributed by atoms with van der Waals surface area (Å²) in [4.78, 5) is 18.7. The van der Waals surface area contributed by atoms with Crippen molar-refractivity contribution in [2.24, 2.45) is 0 Å². The summed E-state index contributed by atoms with van der Waals surface area (Å²) < 4.78 is 5.36. The number of hydrogen-bond donors (Lipinski definition) is 3. The molecule has 1 saturated carbocycles. The second-order valence-corrected chi connectivity index (χ2v) is 5.39. The second-order valence-electron chi connectivity index (χ2n) is 5.39. The minimum Gasteiger partial charge on any atom is -0.478 e. The highest BCUT2D eigenvalue weighted by Gasteiger charge is 2.20. The number of aromatic nitrogens is 2. The van der Waals surface area contributed by atoms with Crippen molar-refractivity contribution in [3.8, 4) is 0 Å². The molecule has 1 fully saturated rings. The molecule has 1 aliphatic rings. The quantitative estimate of drug-likeness (QED) is 0.677. The van der Waals surface area contributed by atoms with Crippen molar-refractivity contribution in [3.05, 3.63) is 23.5 Å². The summed E-state index contributed by atoms with van der Waals surface area (Å²) in [5.41, 5.74) is 6.99. The van der Waals surface area contributed by atoms with E-state index >= 15 is 0 Å². The Morgan fingerprint density at radius 2 is 2.23 bits per heavy atom. The summed E-state index contributed by atoms with van der Waals surface area (Å²) >= 11 is 0. The number of nitrogens with zero attached hydrogens (tertiary/aromatic N) is 2. The zero-order valence-corrected chi connectivity index (χ0v) is 12.7. The smallest absolute Gasteiger partial charge is 0.328 e. The molecule has 0 amide bonds. The van der Waals surface area contributed by atoms with E-state index in [1.165, 1.54) is 6.08 Å². The Labute approximate surface area is 129 Å². The lowest BCUT2D eigenvalue weighted by atomic mass is 9.93. The van der Waals surface area contributed by atoms with Gasteiger partial charge in [-0.05, 0) is 31.8 Å². The van der Waals surface area contributed by atoms with E-state index in [1.54, 1.807) is 13.3 Å². The number of methoxy groups -OCH3 is 1. The third-order valence-electron chi connectivity index (χ3n) is 3.89. The van der Waals surface area contributed by atoms with Gasteiger partial charge in [0.05, 0.1) is 11.8 Å². The molecule has 1 heterocycles. The van der Waals surface area contributed by atoms with E-state index in [9.17, 15) is 4.79 Å². The zero-order valence-electron chi connectivity index (χ0n) is 12.7. The third kappa shape index (κ3) is 4.78. The lowest BCUT2D eigenvalue weighted by Gasteiger charge is -2.28. The van der Waals surface area contributed by atoms with Crippen molar-refractivity contribution < 1.29 is 14.6 Å². The van der Waals surface area contributed by atoms with Crippen LogP contribution in [0.5, 0.6) is 0 Å². The largest absolute Gasteiger partial charge is 0.478 e. The predicted octanol–water partition coefficient (Wildman–Crippen LogP) is 1.20. The van der Waals surface area contributed by atoms with Crippen LogP contribution >= 0.6 is 0 Å². The number of aliphatic carboxylic acids is 1. The van der Waals surface area contributed by atoms with E-state index in [-0.39, 0.29) is 5.95 Å². The number of rotatable bonds is 6. The first-order valence-corrected chi connectivity index (χ1v) is 7.37. The van der Waals surface area contributed by atoms with Crippen LogP contribution < -0.4 is 11.1 Å². The molecule has 2 rings (SSSR count). The van der Waals surface area contributed by atoms with Crippen LogP contribution in [-0.4, -0.2) is 40.3 Å². The maximum atomic E-state index is 10.6. The molecule has 4 N–H and O–H groups in total. The van der Waals surface area contributed by atoms with E-state index < -0.39 is 5.97 Å². The van der Waals surface area contributed by atoms with E-state index in [1.807, 2.05) is 0 Å². The number of nitrogens with two attached hydrogens (primary N) is 1. The van der Waals surface area contributed by atoms with Crippen LogP contribution in [0.15, 0.2) is 12.3 Å². The lowest BCUT2D eigenvalue weighted by molar-refractivity contribution is -0.131. The molecule has 22 heavy (non-hydrogen) atoms. The average Bonchev–Trinajstić information content (AvgIpc) is 2.52. The summed E-state index contributed by atoms with van der Waals surface area (Å²) in [7, 11) is 1.75. The molecule has 0 spiro atoms. The molecule has 7 nitrogen and oxygen atoms in total. The van der Waals surface area contributed by atoms with E-state index in [2.05, 4.69) is 15.3 Å². The van der Waals surface area contributed by atoms with Gasteiger partial charge in [-0.2, -0.15) is 0 Å². The minimum atomic E-state index is -1.01. The number of carbonyl (C=O) groups is 1. The normalized spacial score (nSPS) is 22.0. The first-order chi connectivity index (χ1) is 10.6. The molecule has 0 atom stereocenters. The summed E-state index contributed by atoms with van der Waals surface area (Å²) in [6.45, 7) is 0.536. The summed E-state index contributed by atoms with van der Waals surface area (Å²) in [6, 6.07) is 0.416. The molecule has 0 radical (unpaired) electrons. The standard InChI is InChI=1S/C15H22N4O3/c1-22-12-5-3-11(4-6-12)17-9-13-10(2-7-14(20)21)8-18-15(16)19-13/h2,7-8,11-12,17H,3-6,9H2,1H3,(H,20,21)(H2,16,18,19). The van der Waals surface area contributed by atoms with Crippen LogP contribution in [0.2, 0.25) is 0 Å². The molecular formula is C15H22N4O3. The number of carboxylic acid groups (broad SMARTS) is 1. The van der Waals surface area contributed by atoms with Gasteiger partial charge in [0.1, 0.15) is 0 Å². The SMILES string of the molecule is COC1CCC(NCc2nc(N)ncc2C=CC(=O)O)CC1. The minimum absolute atomic E-state index is 0.187. The molecule has 0 aliphatic heterocycles. The maximum absolute atomic E-state index is 10.6. The third-order valence-corrected chi connectivity index (χ3v) is 3.89. The Hall–Kier alpha value is -1.99. The highest BCUT2D eigenvalue weighted by molar-refractivity contribution is 5.85. The van der Waals surface area contributed by atoms with Crippen molar-refractivity contribution in [1.82, 2.24) is 15.3 Å². The van der Waals surface area contributed by atoms with Gasteiger partial charge < -0.3 is 20.9 Å². The molecule has 0 aromatic carbocycles. The maximum Gasteiger partial charge on any atom is 0.328 e. The van der Waals surface area contributed by atoms with Crippen molar-refractivity contribution >= 4 is 18.0 Å². The lowest BCUT2D eigenvalue weighted by Crippen LogP contribution is -2.35. The summed E-state index contributed by atoms with van der Waals surface area (Å²) in [5.74, 6) is -0.819. The number of anilines is 1. The highest BCUT2D eigenvalue weighted by Crippen LogP contribution is 2.21. The van der Waals surface area contributed by atoms with Crippen LogP contribution in [0, 0.1) is 0 Å². The van der Waals surface area contributed by atoms with Gasteiger partial charge >= 0.3 is 5.97 Å². The van der Waals surface area contributed by atoms with Crippen molar-refractivity contribution in [2.75, 3.05) is 12.8 Å². The second kappa shape index (κ2) is 7.86. The van der Waals surface area contributed by atoms with Gasteiger partial charge in [-0.3, -0.25) is 0 Å². The Bertz CT molecular complexity index is 540. The molecule has 1 aromatic rings. The van der Waals surface area contributed by atoms with Gasteiger partial charge in [0.25, 0.3) is 0 Å². The van der Waals surface area contributed by atoms with Gasteiger partial charge in [-0.1, -0.05) is 0 Å². The van der Waals surface area contributed by atoms with Crippen LogP contribution in [-0.2, 0) is 16.1 Å². The molecule has 0 unspecified atom stereocenters. The van der Waals surface area contributed by atoms with Gasteiger partial charge in [0.15, 0.2) is 0 Å². The Balaban J connectivity index is 1.97. The van der Waals surface area contributed by atoms with Crippen LogP contribution in [0.4, 0.5) is 5.95 Å². The molecule has 1 aliphatic carbocycles. The fraction of sp³-hybridized carbons (Fsp3) is 0.533. The molecule has 1 aromatic heterocycles. The van der Waals surface area contributed by atoms with E-state index in [4.69, 9.17) is 15.6 Å². The Morgan fingerprint density at radius 3 is 2.86 bits per heavy atom. The molecule has 7 heteroatoms. The van der Waals surface area contributed by atoms with Gasteiger partial charge in [-0.25, -0.2) is 14.8 Å². The topological polar surface area (TPSA) is 110 Å². The Morgan fingerprint density at radius 1 is 1.50 bits per heavy atom. The fourth-order valence-electron chi connectivity index (χ4n) is 2.63. The number of hydrogen-bond acceptors (Lipinski definition) is 6. The number of nitrogens with one attached hydrogen (secondary N) is 1. The van der Waals surface area contributed by atoms with Crippen LogP contribution in [0.1, 0.15) is 36.9 Å². The first kappa shape index (κ1) is 16.4. The summed E-state index contributed by atoms with van der Waals surface area (Å²) in [6.07, 6.45) is 8.67. The number of ether oxygens (including phenoxy) is 1. The molecular weight excluding hydrogens is 284 g/mol. The van der Waals surface area contributed by atoms with Gasteiger partial charge in [0.2, 0.25) is 5.95 Å². The first-order valence-electron chi connectivity index (χ1n) is 7.37. The van der Waals surface area contributed by atoms with E-state index in [0.717, 1.165) is 31.8 Å². The molecule has 0 bridgehead atoms. The van der Waals surface area contributed by atoms with Crippen LogP contribution in [0.25, 0.3) is 6.08 Å². The monoisotopic (exact) mass is 306 g/mol. The average molecular weight is 306 g/mol. The predicted molar refractivity (Wildman–Crippen MR) is 83.0 cm³/mol. The number of carboxylic acids is 1. The van der Waals surface area contributed by atoms with Crippen molar-refractivity contribution in [3.63, 3.8) is 0 Å². The van der Waals surface area contributed by atoms with E-state index in [0.29, 0.717) is 29.9 Å². The molecule has 0 saturated heterocycles. The van der Waals surface area contributed by atoms with Crippen molar-refractivity contribution in [1.29, 1.82) is 0 Å². The number of nitrogen functional groups attached to an aromatic ring is 1. The van der Waals surface area contributed by atoms with Crippen LogP contribution in [0.3, 0.4) is 0 Å². The highest BCUT2D eigenvalue weighted by atomic mass is 16.5. The fourth-order valence-corrected chi connectivity index (χ4v) is 2.63. The Kier molecular flexibility index (Phi) is 5.85.